The Balaban J connectivity index is 2.06. The second-order valence-corrected chi connectivity index (χ2v) is 5.57. The Hall–Kier alpha value is -3.00. The van der Waals surface area contributed by atoms with Crippen molar-refractivity contribution >= 4 is 32.8 Å². The van der Waals surface area contributed by atoms with Gasteiger partial charge in [0.1, 0.15) is 5.76 Å². The first kappa shape index (κ1) is 17.4. The number of fused-ring (bicyclic) bond motifs is 1. The van der Waals surface area contributed by atoms with Crippen LogP contribution < -0.4 is 5.32 Å². The predicted octanol–water partition coefficient (Wildman–Crippen LogP) is 4.49. The Kier molecular flexibility index (Phi) is 5.80. The van der Waals surface area contributed by atoms with Gasteiger partial charge < -0.3 is 4.74 Å². The number of allylic oxidation sites excluding steroid dienone is 4. The van der Waals surface area contributed by atoms with Gasteiger partial charge in [-0.25, -0.2) is 9.78 Å². The zero-order valence-electron chi connectivity index (χ0n) is 12.9. The molecule has 0 unspecified atom stereocenters. The molecule has 0 saturated heterocycles. The van der Waals surface area contributed by atoms with Gasteiger partial charge in [-0.2, -0.15) is 0 Å². The molecule has 0 aliphatic heterocycles. The number of anilines is 1. The van der Waals surface area contributed by atoms with E-state index in [9.17, 15) is 14.9 Å². The number of nitro groups is 1. The standard InChI is InChI=1S/C16H15N3O4S/c1-3-11(19(21)22)9-10-12(4-2)23-16(20)18-15-17-13-7-5-6-8-14(13)24-15/h3,5-10H,1,4H2,2H3,(H,17,18,20)/b11-9+,12-10+. The number of carbonyl (C=O) groups excluding carboxylic acids is 1. The van der Waals surface area contributed by atoms with E-state index in [-0.39, 0.29) is 11.5 Å². The number of rotatable bonds is 6. The third kappa shape index (κ3) is 4.50. The highest BCUT2D eigenvalue weighted by molar-refractivity contribution is 7.22. The van der Waals surface area contributed by atoms with Gasteiger partial charge >= 0.3 is 6.09 Å². The number of carbonyl (C=O) groups is 1. The second kappa shape index (κ2) is 8.02. The molecule has 0 fully saturated rings. The van der Waals surface area contributed by atoms with Crippen molar-refractivity contribution in [3.05, 3.63) is 70.6 Å². The Bertz CT molecular complexity index is 806. The molecule has 1 N–H and O–H groups in total. The van der Waals surface area contributed by atoms with Crippen molar-refractivity contribution in [2.45, 2.75) is 13.3 Å². The zero-order valence-corrected chi connectivity index (χ0v) is 13.7. The molecule has 0 saturated carbocycles. The summed E-state index contributed by atoms with van der Waals surface area (Å²) < 4.78 is 6.10. The minimum atomic E-state index is -0.697. The number of amides is 1. The normalized spacial score (nSPS) is 12.0. The van der Waals surface area contributed by atoms with Crippen LogP contribution in [0.3, 0.4) is 0 Å². The Labute approximate surface area is 142 Å². The molecule has 8 heteroatoms. The van der Waals surface area contributed by atoms with Gasteiger partial charge in [-0.05, 0) is 18.2 Å². The average molecular weight is 345 g/mol. The number of para-hydroxylation sites is 1. The van der Waals surface area contributed by atoms with Crippen molar-refractivity contribution in [2.24, 2.45) is 0 Å². The summed E-state index contributed by atoms with van der Waals surface area (Å²) in [4.78, 5) is 26.3. The highest BCUT2D eigenvalue weighted by atomic mass is 32.1. The van der Waals surface area contributed by atoms with Crippen molar-refractivity contribution in [3.63, 3.8) is 0 Å². The lowest BCUT2D eigenvalue weighted by Gasteiger charge is -2.05. The first-order valence-corrected chi connectivity index (χ1v) is 7.87. The van der Waals surface area contributed by atoms with Crippen molar-refractivity contribution in [1.29, 1.82) is 0 Å². The van der Waals surface area contributed by atoms with Crippen LogP contribution in [-0.2, 0) is 4.74 Å². The lowest BCUT2D eigenvalue weighted by Crippen LogP contribution is -2.13. The van der Waals surface area contributed by atoms with E-state index in [0.717, 1.165) is 16.3 Å². The van der Waals surface area contributed by atoms with Crippen LogP contribution in [0.25, 0.3) is 10.2 Å². The molecule has 0 aliphatic rings. The number of nitrogens with one attached hydrogen (secondary N) is 1. The lowest BCUT2D eigenvalue weighted by atomic mass is 10.3. The molecule has 1 aromatic carbocycles. The van der Waals surface area contributed by atoms with Gasteiger partial charge in [-0.3, -0.25) is 15.4 Å². The van der Waals surface area contributed by atoms with Gasteiger partial charge in [0.15, 0.2) is 5.13 Å². The SMILES string of the molecule is C=C/C(=C\C=C(/CC)OC(=O)Nc1nc2ccccc2s1)[N+](=O)[O-]. The van der Waals surface area contributed by atoms with Gasteiger partial charge in [-0.1, -0.05) is 37.0 Å². The van der Waals surface area contributed by atoms with E-state index < -0.39 is 11.0 Å². The molecule has 0 radical (unpaired) electrons. The van der Waals surface area contributed by atoms with E-state index in [1.807, 2.05) is 24.3 Å². The molecule has 7 nitrogen and oxygen atoms in total. The van der Waals surface area contributed by atoms with Crippen LogP contribution in [-0.4, -0.2) is 16.0 Å². The van der Waals surface area contributed by atoms with Gasteiger partial charge in [0.25, 0.3) is 5.70 Å². The number of hydrogen-bond acceptors (Lipinski definition) is 6. The maximum Gasteiger partial charge on any atom is 0.418 e. The molecular formula is C16H15N3O4S. The molecule has 0 spiro atoms. The predicted molar refractivity (Wildman–Crippen MR) is 93.4 cm³/mol. The molecule has 2 aromatic rings. The summed E-state index contributed by atoms with van der Waals surface area (Å²) in [6.07, 6.45) is 3.42. The molecule has 0 bridgehead atoms. The number of nitrogens with zero attached hydrogens (tertiary/aromatic N) is 2. The van der Waals surface area contributed by atoms with Crippen LogP contribution in [0.2, 0.25) is 0 Å². The van der Waals surface area contributed by atoms with Crippen LogP contribution in [0.1, 0.15) is 13.3 Å². The van der Waals surface area contributed by atoms with E-state index in [2.05, 4.69) is 16.9 Å². The van der Waals surface area contributed by atoms with Crippen molar-refractivity contribution in [3.8, 4) is 0 Å². The summed E-state index contributed by atoms with van der Waals surface area (Å²) in [7, 11) is 0. The Morgan fingerprint density at radius 3 is 2.83 bits per heavy atom. The van der Waals surface area contributed by atoms with Gasteiger partial charge in [-0.15, -0.1) is 0 Å². The monoisotopic (exact) mass is 345 g/mol. The number of thiazole rings is 1. The van der Waals surface area contributed by atoms with E-state index in [4.69, 9.17) is 4.74 Å². The average Bonchev–Trinajstić information content (AvgIpc) is 2.95. The van der Waals surface area contributed by atoms with Gasteiger partial charge in [0, 0.05) is 18.6 Å². The first-order chi connectivity index (χ1) is 11.5. The summed E-state index contributed by atoms with van der Waals surface area (Å²) in [5, 5.41) is 13.7. The fraction of sp³-hybridized carbons (Fsp3) is 0.125. The van der Waals surface area contributed by atoms with Gasteiger partial charge in [0.05, 0.1) is 15.1 Å². The van der Waals surface area contributed by atoms with E-state index in [1.165, 1.54) is 23.5 Å². The summed E-state index contributed by atoms with van der Waals surface area (Å²) in [6, 6.07) is 7.50. The van der Waals surface area contributed by atoms with Gasteiger partial charge in [0.2, 0.25) is 0 Å². The van der Waals surface area contributed by atoms with Crippen LogP contribution in [0.15, 0.2) is 60.5 Å². The molecule has 2 rings (SSSR count). The van der Waals surface area contributed by atoms with Crippen LogP contribution >= 0.6 is 11.3 Å². The fourth-order valence-electron chi connectivity index (χ4n) is 1.76. The molecular weight excluding hydrogens is 330 g/mol. The Morgan fingerprint density at radius 1 is 1.46 bits per heavy atom. The van der Waals surface area contributed by atoms with E-state index >= 15 is 0 Å². The van der Waals surface area contributed by atoms with Crippen molar-refractivity contribution in [2.75, 3.05) is 5.32 Å². The largest absolute Gasteiger partial charge is 0.418 e. The molecule has 0 atom stereocenters. The maximum atomic E-state index is 11.9. The number of ether oxygens (including phenoxy) is 1. The number of benzene rings is 1. The molecule has 1 heterocycles. The summed E-state index contributed by atoms with van der Waals surface area (Å²) in [5.74, 6) is 0.287. The molecule has 24 heavy (non-hydrogen) atoms. The smallest absolute Gasteiger partial charge is 0.415 e. The number of aromatic nitrogens is 1. The van der Waals surface area contributed by atoms with Crippen LogP contribution in [0, 0.1) is 10.1 Å². The third-order valence-corrected chi connectivity index (χ3v) is 3.89. The fourth-order valence-corrected chi connectivity index (χ4v) is 2.61. The Morgan fingerprint density at radius 2 is 2.21 bits per heavy atom. The molecule has 124 valence electrons. The topological polar surface area (TPSA) is 94.4 Å². The summed E-state index contributed by atoms with van der Waals surface area (Å²) in [6.45, 7) is 5.13. The lowest BCUT2D eigenvalue weighted by molar-refractivity contribution is -0.418. The molecule has 1 aromatic heterocycles. The maximum absolute atomic E-state index is 11.9. The highest BCUT2D eigenvalue weighted by Crippen LogP contribution is 2.25. The van der Waals surface area contributed by atoms with Crippen LogP contribution in [0.5, 0.6) is 0 Å². The summed E-state index contributed by atoms with van der Waals surface area (Å²) in [5.41, 5.74) is 0.602. The third-order valence-electron chi connectivity index (χ3n) is 2.94. The minimum absolute atomic E-state index is 0.184. The van der Waals surface area contributed by atoms with E-state index in [0.29, 0.717) is 11.6 Å². The quantitative estimate of drug-likeness (QED) is 0.360. The number of hydrogen-bond donors (Lipinski definition) is 1. The van der Waals surface area contributed by atoms with E-state index in [1.54, 1.807) is 6.92 Å². The molecule has 1 amide bonds. The van der Waals surface area contributed by atoms with Crippen molar-refractivity contribution < 1.29 is 14.5 Å². The van der Waals surface area contributed by atoms with Crippen molar-refractivity contribution in [1.82, 2.24) is 4.98 Å². The highest BCUT2D eigenvalue weighted by Gasteiger charge is 2.10. The summed E-state index contributed by atoms with van der Waals surface area (Å²) >= 11 is 1.33. The minimum Gasteiger partial charge on any atom is -0.415 e. The first-order valence-electron chi connectivity index (χ1n) is 7.05. The molecule has 0 aliphatic carbocycles. The second-order valence-electron chi connectivity index (χ2n) is 4.54. The van der Waals surface area contributed by atoms with Crippen LogP contribution in [0.4, 0.5) is 9.93 Å². The zero-order chi connectivity index (χ0) is 17.5.